The maximum absolute atomic E-state index is 13.1. The molecule has 176 valence electrons. The number of nitrogens with zero attached hydrogens (tertiary/aromatic N) is 2. The smallest absolute Gasteiger partial charge is 0.355 e. The Labute approximate surface area is 210 Å². The van der Waals surface area contributed by atoms with Crippen LogP contribution in [0, 0.1) is 11.3 Å². The van der Waals surface area contributed by atoms with Crippen LogP contribution < -0.4 is 15.4 Å². The molecule has 0 saturated heterocycles. The van der Waals surface area contributed by atoms with Crippen molar-refractivity contribution in [2.75, 3.05) is 25.7 Å². The number of benzene rings is 2. The molecule has 2 aromatic rings. The molecule has 10 heteroatoms. The van der Waals surface area contributed by atoms with Gasteiger partial charge >= 0.3 is 11.9 Å². The van der Waals surface area contributed by atoms with E-state index in [1.54, 1.807) is 36.4 Å². The van der Waals surface area contributed by atoms with Crippen molar-refractivity contribution in [1.29, 1.82) is 5.26 Å². The van der Waals surface area contributed by atoms with E-state index in [4.69, 9.17) is 31.5 Å². The van der Waals surface area contributed by atoms with E-state index >= 15 is 0 Å². The Kier molecular flexibility index (Phi) is 7.87. The Bertz CT molecular complexity index is 1210. The van der Waals surface area contributed by atoms with E-state index in [1.807, 2.05) is 6.92 Å². The molecule has 1 atom stereocenters. The predicted molar refractivity (Wildman–Crippen MR) is 130 cm³/mol. The Morgan fingerprint density at radius 2 is 1.82 bits per heavy atom. The molecule has 0 radical (unpaired) electrons. The number of carbonyl (C=O) groups excluding carboxylic acids is 2. The highest BCUT2D eigenvalue weighted by molar-refractivity contribution is 9.10. The van der Waals surface area contributed by atoms with Crippen LogP contribution >= 0.6 is 27.5 Å². The molecule has 1 unspecified atom stereocenters. The lowest BCUT2D eigenvalue weighted by Crippen LogP contribution is -2.40. The second-order valence-electron chi connectivity index (χ2n) is 7.01. The zero-order chi connectivity index (χ0) is 25.0. The number of hydrogen-bond donors (Lipinski definition) is 1. The van der Waals surface area contributed by atoms with Crippen LogP contribution in [-0.2, 0) is 19.1 Å². The number of rotatable bonds is 6. The summed E-state index contributed by atoms with van der Waals surface area (Å²) in [5, 5.41) is 10.3. The molecule has 1 heterocycles. The molecule has 1 aliphatic heterocycles. The van der Waals surface area contributed by atoms with Gasteiger partial charge in [0.05, 0.1) is 59.1 Å². The topological polar surface area (TPSA) is 115 Å². The minimum atomic E-state index is -0.953. The van der Waals surface area contributed by atoms with E-state index in [9.17, 15) is 14.9 Å². The van der Waals surface area contributed by atoms with E-state index < -0.39 is 17.9 Å². The molecule has 0 spiro atoms. The van der Waals surface area contributed by atoms with Gasteiger partial charge in [0.2, 0.25) is 0 Å². The van der Waals surface area contributed by atoms with Crippen LogP contribution in [-0.4, -0.2) is 32.8 Å². The predicted octanol–water partition coefficient (Wildman–Crippen LogP) is 4.40. The average molecular weight is 547 g/mol. The summed E-state index contributed by atoms with van der Waals surface area (Å²) in [6.07, 6.45) is 0. The minimum Gasteiger partial charge on any atom is -0.491 e. The molecule has 2 N–H and O–H groups in total. The van der Waals surface area contributed by atoms with Crippen molar-refractivity contribution in [3.63, 3.8) is 0 Å². The van der Waals surface area contributed by atoms with E-state index in [0.29, 0.717) is 28.1 Å². The van der Waals surface area contributed by atoms with Crippen molar-refractivity contribution in [2.45, 2.75) is 12.8 Å². The quantitative estimate of drug-likeness (QED) is 0.530. The number of esters is 2. The molecule has 34 heavy (non-hydrogen) atoms. The zero-order valence-electron chi connectivity index (χ0n) is 18.6. The van der Waals surface area contributed by atoms with Gasteiger partial charge in [-0.05, 0) is 40.5 Å². The van der Waals surface area contributed by atoms with Crippen molar-refractivity contribution in [2.24, 2.45) is 5.73 Å². The Hall–Kier alpha value is -3.48. The van der Waals surface area contributed by atoms with Gasteiger partial charge in [0.25, 0.3) is 0 Å². The fourth-order valence-electron chi connectivity index (χ4n) is 3.74. The van der Waals surface area contributed by atoms with Crippen molar-refractivity contribution in [3.05, 3.63) is 80.2 Å². The number of nitrogens with two attached hydrogens (primary N) is 1. The normalized spacial score (nSPS) is 15.6. The summed E-state index contributed by atoms with van der Waals surface area (Å²) in [5.74, 6) is -2.27. The lowest BCUT2D eigenvalue weighted by molar-refractivity contribution is -0.139. The van der Waals surface area contributed by atoms with Gasteiger partial charge in [0.1, 0.15) is 11.5 Å². The second-order valence-corrected chi connectivity index (χ2v) is 8.27. The number of nitriles is 1. The summed E-state index contributed by atoms with van der Waals surface area (Å²) in [6.45, 7) is 2.19. The summed E-state index contributed by atoms with van der Waals surface area (Å²) in [5.41, 5.74) is 7.14. The second kappa shape index (κ2) is 10.6. The van der Waals surface area contributed by atoms with Gasteiger partial charge in [-0.25, -0.2) is 9.59 Å². The fourth-order valence-corrected chi connectivity index (χ4v) is 4.68. The molecular formula is C24H21BrClN3O5. The third-order valence-corrected chi connectivity index (χ3v) is 6.01. The molecule has 0 amide bonds. The van der Waals surface area contributed by atoms with Gasteiger partial charge in [-0.2, -0.15) is 5.26 Å². The zero-order valence-corrected chi connectivity index (χ0v) is 20.9. The van der Waals surface area contributed by atoms with Gasteiger partial charge in [0.15, 0.2) is 5.75 Å². The number of anilines is 1. The van der Waals surface area contributed by atoms with Crippen molar-refractivity contribution in [3.8, 4) is 11.8 Å². The first-order valence-electron chi connectivity index (χ1n) is 10.1. The number of ether oxygens (including phenoxy) is 3. The fraction of sp³-hybridized carbons (Fsp3) is 0.208. The van der Waals surface area contributed by atoms with Gasteiger partial charge in [0, 0.05) is 0 Å². The molecule has 0 aromatic heterocycles. The Morgan fingerprint density at radius 3 is 2.35 bits per heavy atom. The third kappa shape index (κ3) is 4.47. The van der Waals surface area contributed by atoms with Crippen molar-refractivity contribution < 1.29 is 23.8 Å². The molecule has 2 aromatic carbocycles. The van der Waals surface area contributed by atoms with E-state index in [1.165, 1.54) is 25.2 Å². The van der Waals surface area contributed by atoms with Crippen LogP contribution in [0.2, 0.25) is 5.02 Å². The van der Waals surface area contributed by atoms with Crippen LogP contribution in [0.4, 0.5) is 5.69 Å². The summed E-state index contributed by atoms with van der Waals surface area (Å²) in [6, 6.07) is 14.0. The SMILES string of the molecule is CCOc1c(Cl)cc(N2C(N)=C(C#N)C(c3ccccc3)C(C(=O)OC)=C2C(=O)OC)cc1Br. The monoisotopic (exact) mass is 545 g/mol. The summed E-state index contributed by atoms with van der Waals surface area (Å²) < 4.78 is 16.1. The van der Waals surface area contributed by atoms with Crippen molar-refractivity contribution in [1.82, 2.24) is 0 Å². The van der Waals surface area contributed by atoms with Crippen LogP contribution in [0.25, 0.3) is 0 Å². The van der Waals surface area contributed by atoms with E-state index in [2.05, 4.69) is 22.0 Å². The van der Waals surface area contributed by atoms with Crippen LogP contribution in [0.15, 0.2) is 69.6 Å². The summed E-state index contributed by atoms with van der Waals surface area (Å²) in [4.78, 5) is 27.4. The lowest BCUT2D eigenvalue weighted by atomic mass is 9.81. The summed E-state index contributed by atoms with van der Waals surface area (Å²) >= 11 is 9.85. The molecule has 8 nitrogen and oxygen atoms in total. The first kappa shape index (κ1) is 25.1. The van der Waals surface area contributed by atoms with E-state index in [-0.39, 0.29) is 27.7 Å². The van der Waals surface area contributed by atoms with Gasteiger partial charge < -0.3 is 19.9 Å². The Morgan fingerprint density at radius 1 is 1.18 bits per heavy atom. The first-order chi connectivity index (χ1) is 16.3. The van der Waals surface area contributed by atoms with E-state index in [0.717, 1.165) is 0 Å². The molecule has 3 rings (SSSR count). The number of hydrogen-bond acceptors (Lipinski definition) is 8. The molecule has 0 aliphatic carbocycles. The standard InChI is InChI=1S/C24H21BrClN3O5/c1-4-34-21-16(25)10-14(11-17(21)26)29-20(24(31)33-3)19(23(30)32-2)18(15(12-27)22(29)28)13-8-6-5-7-9-13/h5-11,18H,4,28H2,1-3H3. The Balaban J connectivity index is 2.40. The molecule has 0 saturated carbocycles. The summed E-state index contributed by atoms with van der Waals surface area (Å²) in [7, 11) is 2.37. The number of carbonyl (C=O) groups is 2. The maximum atomic E-state index is 13.1. The average Bonchev–Trinajstić information content (AvgIpc) is 2.84. The third-order valence-electron chi connectivity index (χ3n) is 5.14. The highest BCUT2D eigenvalue weighted by Crippen LogP contribution is 2.45. The largest absolute Gasteiger partial charge is 0.491 e. The molecular weight excluding hydrogens is 526 g/mol. The first-order valence-corrected chi connectivity index (χ1v) is 11.2. The lowest BCUT2D eigenvalue weighted by Gasteiger charge is -2.36. The number of allylic oxidation sites excluding steroid dienone is 1. The van der Waals surface area contributed by atoms with Crippen LogP contribution in [0.1, 0.15) is 18.4 Å². The molecule has 0 bridgehead atoms. The van der Waals surface area contributed by atoms with Crippen LogP contribution in [0.3, 0.4) is 0 Å². The maximum Gasteiger partial charge on any atom is 0.355 e. The highest BCUT2D eigenvalue weighted by Gasteiger charge is 2.43. The molecule has 0 fully saturated rings. The molecule has 1 aliphatic rings. The number of methoxy groups -OCH3 is 2. The van der Waals surface area contributed by atoms with Crippen LogP contribution in [0.5, 0.6) is 5.75 Å². The number of halogens is 2. The van der Waals surface area contributed by atoms with Gasteiger partial charge in [-0.1, -0.05) is 41.9 Å². The van der Waals surface area contributed by atoms with Crippen molar-refractivity contribution >= 4 is 45.2 Å². The highest BCUT2D eigenvalue weighted by atomic mass is 79.9. The minimum absolute atomic E-state index is 0.0559. The van der Waals surface area contributed by atoms with Gasteiger partial charge in [-0.15, -0.1) is 0 Å². The van der Waals surface area contributed by atoms with Gasteiger partial charge in [-0.3, -0.25) is 4.90 Å².